The average Bonchev–Trinajstić information content (AvgIpc) is 2.41. The molecule has 2 rings (SSSR count). The molecular weight excluding hydrogens is 262 g/mol. The van der Waals surface area contributed by atoms with Crippen LogP contribution in [-0.2, 0) is 12.0 Å². The summed E-state index contributed by atoms with van der Waals surface area (Å²) in [6, 6.07) is 17.6. The molecular formula is C18H23NS. The van der Waals surface area contributed by atoms with Crippen molar-refractivity contribution in [3.05, 3.63) is 59.7 Å². The van der Waals surface area contributed by atoms with Gasteiger partial charge in [-0.25, -0.2) is 0 Å². The average molecular weight is 285 g/mol. The maximum atomic E-state index is 3.17. The highest BCUT2D eigenvalue weighted by Gasteiger charge is 2.12. The molecule has 20 heavy (non-hydrogen) atoms. The molecule has 1 N–H and O–H groups in total. The minimum absolute atomic E-state index is 0.220. The van der Waals surface area contributed by atoms with Crippen LogP contribution in [0.1, 0.15) is 31.9 Å². The molecule has 1 nitrogen and oxygen atoms in total. The van der Waals surface area contributed by atoms with Gasteiger partial charge in [0.2, 0.25) is 0 Å². The van der Waals surface area contributed by atoms with Crippen molar-refractivity contribution in [1.29, 1.82) is 0 Å². The Morgan fingerprint density at radius 2 is 1.35 bits per heavy atom. The zero-order chi connectivity index (χ0) is 14.6. The van der Waals surface area contributed by atoms with Crippen LogP contribution in [0.15, 0.2) is 58.3 Å². The molecule has 0 aliphatic carbocycles. The van der Waals surface area contributed by atoms with Crippen LogP contribution < -0.4 is 5.32 Å². The van der Waals surface area contributed by atoms with Gasteiger partial charge in [0, 0.05) is 16.3 Å². The van der Waals surface area contributed by atoms with E-state index in [2.05, 4.69) is 74.6 Å². The van der Waals surface area contributed by atoms with Gasteiger partial charge in [-0.05, 0) is 47.9 Å². The Hall–Kier alpha value is -1.25. The van der Waals surface area contributed by atoms with E-state index in [1.165, 1.54) is 20.9 Å². The van der Waals surface area contributed by atoms with Crippen molar-refractivity contribution in [3.8, 4) is 0 Å². The fourth-order valence-corrected chi connectivity index (χ4v) is 2.86. The minimum atomic E-state index is 0.220. The van der Waals surface area contributed by atoms with E-state index in [4.69, 9.17) is 0 Å². The zero-order valence-electron chi connectivity index (χ0n) is 12.7. The summed E-state index contributed by atoms with van der Waals surface area (Å²) in [6.45, 7) is 7.66. The van der Waals surface area contributed by atoms with Crippen LogP contribution in [0.3, 0.4) is 0 Å². The van der Waals surface area contributed by atoms with E-state index in [-0.39, 0.29) is 5.41 Å². The molecule has 0 spiro atoms. The Kier molecular flexibility index (Phi) is 4.90. The number of hydrogen-bond acceptors (Lipinski definition) is 2. The molecule has 0 aliphatic heterocycles. The Morgan fingerprint density at radius 3 is 1.80 bits per heavy atom. The number of nitrogens with one attached hydrogen (secondary N) is 1. The van der Waals surface area contributed by atoms with Crippen molar-refractivity contribution >= 4 is 11.8 Å². The fourth-order valence-electron chi connectivity index (χ4n) is 2.04. The molecule has 0 aliphatic rings. The van der Waals surface area contributed by atoms with Crippen LogP contribution in [0.25, 0.3) is 0 Å². The van der Waals surface area contributed by atoms with Crippen molar-refractivity contribution in [2.24, 2.45) is 0 Å². The Morgan fingerprint density at radius 1 is 0.850 bits per heavy atom. The van der Waals surface area contributed by atoms with Crippen LogP contribution in [0.5, 0.6) is 0 Å². The molecule has 0 heterocycles. The van der Waals surface area contributed by atoms with Crippen molar-refractivity contribution in [1.82, 2.24) is 5.32 Å². The lowest BCUT2D eigenvalue weighted by Crippen LogP contribution is -2.10. The van der Waals surface area contributed by atoms with Crippen molar-refractivity contribution in [2.45, 2.75) is 42.5 Å². The first-order valence-corrected chi connectivity index (χ1v) is 7.82. The predicted octanol–water partition coefficient (Wildman–Crippen LogP) is 4.85. The highest BCUT2D eigenvalue weighted by Crippen LogP contribution is 2.30. The van der Waals surface area contributed by atoms with Crippen LogP contribution >= 0.6 is 11.8 Å². The summed E-state index contributed by atoms with van der Waals surface area (Å²) in [5, 5.41) is 3.17. The molecule has 106 valence electrons. The number of benzene rings is 2. The van der Waals surface area contributed by atoms with Crippen LogP contribution in [0.2, 0.25) is 0 Å². The Labute approximate surface area is 126 Å². The normalized spacial score (nSPS) is 11.6. The third kappa shape index (κ3) is 4.12. The molecule has 0 saturated carbocycles. The lowest BCUT2D eigenvalue weighted by Gasteiger charge is -2.19. The summed E-state index contributed by atoms with van der Waals surface area (Å²) < 4.78 is 0. The Balaban J connectivity index is 2.06. The van der Waals surface area contributed by atoms with Gasteiger partial charge in [0.15, 0.2) is 0 Å². The van der Waals surface area contributed by atoms with Crippen molar-refractivity contribution < 1.29 is 0 Å². The van der Waals surface area contributed by atoms with Crippen molar-refractivity contribution in [2.75, 3.05) is 7.05 Å². The largest absolute Gasteiger partial charge is 0.316 e. The first-order valence-electron chi connectivity index (χ1n) is 7.01. The quantitative estimate of drug-likeness (QED) is 0.861. The van der Waals surface area contributed by atoms with Gasteiger partial charge in [0.05, 0.1) is 0 Å². The van der Waals surface area contributed by atoms with E-state index in [9.17, 15) is 0 Å². The van der Waals surface area contributed by atoms with E-state index in [1.807, 2.05) is 18.8 Å². The second-order valence-corrected chi connectivity index (χ2v) is 7.20. The van der Waals surface area contributed by atoms with E-state index in [0.717, 1.165) is 6.54 Å². The molecule has 0 aromatic heterocycles. The second kappa shape index (κ2) is 6.47. The highest BCUT2D eigenvalue weighted by atomic mass is 32.2. The predicted molar refractivity (Wildman–Crippen MR) is 88.5 cm³/mol. The first kappa shape index (κ1) is 15.1. The van der Waals surface area contributed by atoms with Gasteiger partial charge < -0.3 is 5.32 Å². The Bertz CT molecular complexity index is 535. The summed E-state index contributed by atoms with van der Waals surface area (Å²) in [6.07, 6.45) is 0. The third-order valence-corrected chi connectivity index (χ3v) is 4.28. The van der Waals surface area contributed by atoms with Gasteiger partial charge in [0.25, 0.3) is 0 Å². The fraction of sp³-hybridized carbons (Fsp3) is 0.333. The summed E-state index contributed by atoms with van der Waals surface area (Å²) >= 11 is 1.81. The third-order valence-electron chi connectivity index (χ3n) is 3.26. The van der Waals surface area contributed by atoms with Gasteiger partial charge in [-0.3, -0.25) is 0 Å². The molecule has 2 aromatic rings. The first-order chi connectivity index (χ1) is 9.49. The molecule has 0 radical (unpaired) electrons. The summed E-state index contributed by atoms with van der Waals surface area (Å²) in [5.41, 5.74) is 2.92. The van der Waals surface area contributed by atoms with Gasteiger partial charge in [-0.15, -0.1) is 0 Å². The topological polar surface area (TPSA) is 12.0 Å². The van der Waals surface area contributed by atoms with E-state index < -0.39 is 0 Å². The second-order valence-electron chi connectivity index (χ2n) is 6.05. The van der Waals surface area contributed by atoms with E-state index >= 15 is 0 Å². The molecule has 0 saturated heterocycles. The zero-order valence-corrected chi connectivity index (χ0v) is 13.6. The summed E-state index contributed by atoms with van der Waals surface area (Å²) in [5.74, 6) is 0. The smallest absolute Gasteiger partial charge is 0.0202 e. The maximum absolute atomic E-state index is 3.17. The maximum Gasteiger partial charge on any atom is 0.0202 e. The van der Waals surface area contributed by atoms with Gasteiger partial charge in [-0.1, -0.05) is 56.8 Å². The molecule has 0 bridgehead atoms. The standard InChI is InChI=1S/C18H23NS/c1-18(2,3)15-7-11-17(12-8-15)20-16-9-5-14(6-10-16)13-19-4/h5-12,19H,13H2,1-4H3. The van der Waals surface area contributed by atoms with Crippen LogP contribution in [-0.4, -0.2) is 7.05 Å². The SMILES string of the molecule is CNCc1ccc(Sc2ccc(C(C)(C)C)cc2)cc1. The van der Waals surface area contributed by atoms with Crippen molar-refractivity contribution in [3.63, 3.8) is 0 Å². The van der Waals surface area contributed by atoms with Gasteiger partial charge in [0.1, 0.15) is 0 Å². The number of hydrogen-bond donors (Lipinski definition) is 1. The lowest BCUT2D eigenvalue weighted by atomic mass is 9.87. The molecule has 0 atom stereocenters. The monoisotopic (exact) mass is 285 g/mol. The van der Waals surface area contributed by atoms with Gasteiger partial charge in [-0.2, -0.15) is 0 Å². The molecule has 0 fully saturated rings. The minimum Gasteiger partial charge on any atom is -0.316 e. The molecule has 2 heteroatoms. The van der Waals surface area contributed by atoms with E-state index in [1.54, 1.807) is 0 Å². The molecule has 2 aromatic carbocycles. The highest BCUT2D eigenvalue weighted by molar-refractivity contribution is 7.99. The lowest BCUT2D eigenvalue weighted by molar-refractivity contribution is 0.590. The molecule has 0 amide bonds. The summed E-state index contributed by atoms with van der Waals surface area (Å²) in [7, 11) is 1.97. The molecule has 0 unspecified atom stereocenters. The van der Waals surface area contributed by atoms with Crippen LogP contribution in [0, 0.1) is 0 Å². The van der Waals surface area contributed by atoms with Crippen LogP contribution in [0.4, 0.5) is 0 Å². The summed E-state index contributed by atoms with van der Waals surface area (Å²) in [4.78, 5) is 2.58. The number of rotatable bonds is 4. The van der Waals surface area contributed by atoms with E-state index in [0.29, 0.717) is 0 Å². The van der Waals surface area contributed by atoms with Gasteiger partial charge >= 0.3 is 0 Å².